The van der Waals surface area contributed by atoms with Crippen LogP contribution < -0.4 is 14.4 Å². The molecule has 1 aliphatic carbocycles. The number of ether oxygens (including phenoxy) is 2. The normalized spacial score (nSPS) is 20.1. The van der Waals surface area contributed by atoms with E-state index in [1.54, 1.807) is 25.6 Å². The van der Waals surface area contributed by atoms with Gasteiger partial charge in [0, 0.05) is 41.8 Å². The van der Waals surface area contributed by atoms with E-state index in [2.05, 4.69) is 69.9 Å². The second kappa shape index (κ2) is 9.96. The Bertz CT molecular complexity index is 1320. The molecule has 1 aromatic heterocycles. The van der Waals surface area contributed by atoms with E-state index in [4.69, 9.17) is 9.47 Å². The summed E-state index contributed by atoms with van der Waals surface area (Å²) in [6.45, 7) is 13.7. The number of rotatable bonds is 5. The number of fused-ring (bicyclic) bond motifs is 1. The number of amides is 1. The lowest BCUT2D eigenvalue weighted by Gasteiger charge is -2.42. The van der Waals surface area contributed by atoms with Gasteiger partial charge in [0.15, 0.2) is 0 Å². The summed E-state index contributed by atoms with van der Waals surface area (Å²) in [5, 5.41) is 0. The first-order valence-corrected chi connectivity index (χ1v) is 14.4. The molecule has 3 aromatic rings. The number of nitrogens with zero attached hydrogens (tertiary/aromatic N) is 2. The molecule has 1 atom stereocenters. The molecular formula is C32H40N2O3S. The van der Waals surface area contributed by atoms with Crippen molar-refractivity contribution in [1.82, 2.24) is 4.90 Å². The lowest BCUT2D eigenvalue weighted by Crippen LogP contribution is -2.53. The van der Waals surface area contributed by atoms with Crippen molar-refractivity contribution in [2.75, 3.05) is 38.8 Å². The maximum absolute atomic E-state index is 13.6. The summed E-state index contributed by atoms with van der Waals surface area (Å²) in [4.78, 5) is 19.8. The van der Waals surface area contributed by atoms with E-state index in [9.17, 15) is 4.79 Å². The molecule has 0 spiro atoms. The summed E-state index contributed by atoms with van der Waals surface area (Å²) in [6, 6.07) is 17.0. The zero-order valence-corrected chi connectivity index (χ0v) is 24.6. The molecular weight excluding hydrogens is 492 g/mol. The number of piperazine rings is 1. The molecule has 38 heavy (non-hydrogen) atoms. The standard InChI is InChI=1S/C32H40N2O3S/c1-21-20-33(16-17-34(21)22-8-10-23(36-6)11-9-22)30(35)29-13-12-28(38-29)24-18-25-26(19-27(24)37-7)32(4,5)15-14-31(25,2)3/h8-13,18-19,21H,14-17,20H2,1-7H3. The van der Waals surface area contributed by atoms with Gasteiger partial charge in [-0.25, -0.2) is 0 Å². The van der Waals surface area contributed by atoms with E-state index >= 15 is 0 Å². The fraction of sp³-hybridized carbons (Fsp3) is 0.469. The summed E-state index contributed by atoms with van der Waals surface area (Å²) in [6.07, 6.45) is 2.32. The van der Waals surface area contributed by atoms with Crippen molar-refractivity contribution in [1.29, 1.82) is 0 Å². The first kappa shape index (κ1) is 26.6. The molecule has 1 aliphatic heterocycles. The van der Waals surface area contributed by atoms with Crippen molar-refractivity contribution < 1.29 is 14.3 Å². The molecule has 1 unspecified atom stereocenters. The Labute approximate surface area is 231 Å². The van der Waals surface area contributed by atoms with Crippen LogP contribution in [0.1, 0.15) is 68.3 Å². The van der Waals surface area contributed by atoms with Crippen molar-refractivity contribution in [3.8, 4) is 21.9 Å². The Hall–Kier alpha value is -2.99. The van der Waals surface area contributed by atoms with Crippen LogP contribution in [0.25, 0.3) is 10.4 Å². The molecule has 1 fully saturated rings. The number of hydrogen-bond acceptors (Lipinski definition) is 5. The molecule has 2 aromatic carbocycles. The number of carbonyl (C=O) groups excluding carboxylic acids is 1. The highest BCUT2D eigenvalue weighted by atomic mass is 32.1. The molecule has 1 saturated heterocycles. The molecule has 0 radical (unpaired) electrons. The van der Waals surface area contributed by atoms with Crippen LogP contribution in [-0.2, 0) is 10.8 Å². The van der Waals surface area contributed by atoms with E-state index in [1.807, 2.05) is 23.1 Å². The van der Waals surface area contributed by atoms with Gasteiger partial charge in [-0.05, 0) is 90.3 Å². The minimum atomic E-state index is 0.112. The molecule has 5 rings (SSSR count). The van der Waals surface area contributed by atoms with Crippen LogP contribution in [0.15, 0.2) is 48.5 Å². The Balaban J connectivity index is 1.37. The van der Waals surface area contributed by atoms with E-state index in [-0.39, 0.29) is 22.8 Å². The third-order valence-electron chi connectivity index (χ3n) is 8.57. The molecule has 0 saturated carbocycles. The number of hydrogen-bond donors (Lipinski definition) is 0. The fourth-order valence-corrected chi connectivity index (χ4v) is 7.00. The van der Waals surface area contributed by atoms with Crippen molar-refractivity contribution in [2.24, 2.45) is 0 Å². The summed E-state index contributed by atoms with van der Waals surface area (Å²) in [7, 11) is 3.43. The van der Waals surface area contributed by atoms with Gasteiger partial charge in [0.25, 0.3) is 5.91 Å². The first-order chi connectivity index (χ1) is 18.0. The van der Waals surface area contributed by atoms with E-state index in [1.165, 1.54) is 11.1 Å². The highest BCUT2D eigenvalue weighted by Gasteiger charge is 2.38. The molecule has 5 nitrogen and oxygen atoms in total. The van der Waals surface area contributed by atoms with E-state index in [0.29, 0.717) is 13.1 Å². The van der Waals surface area contributed by atoms with Crippen LogP contribution in [0.4, 0.5) is 5.69 Å². The average Bonchev–Trinajstić information content (AvgIpc) is 3.40. The van der Waals surface area contributed by atoms with Gasteiger partial charge in [0.05, 0.1) is 19.1 Å². The molecule has 0 bridgehead atoms. The van der Waals surface area contributed by atoms with E-state index < -0.39 is 0 Å². The SMILES string of the molecule is COc1ccc(N2CCN(C(=O)c3ccc(-c4cc5c(cc4OC)C(C)(C)CCC5(C)C)s3)CC2C)cc1. The highest BCUT2D eigenvalue weighted by Crippen LogP contribution is 2.50. The van der Waals surface area contributed by atoms with Crippen LogP contribution in [0.5, 0.6) is 11.5 Å². The zero-order valence-electron chi connectivity index (χ0n) is 23.8. The Morgan fingerprint density at radius 2 is 1.55 bits per heavy atom. The van der Waals surface area contributed by atoms with Crippen LogP contribution in [0.3, 0.4) is 0 Å². The van der Waals surface area contributed by atoms with Crippen molar-refractivity contribution in [3.63, 3.8) is 0 Å². The van der Waals surface area contributed by atoms with Gasteiger partial charge < -0.3 is 19.3 Å². The minimum Gasteiger partial charge on any atom is -0.497 e. The number of carbonyl (C=O) groups is 1. The van der Waals surface area contributed by atoms with Crippen LogP contribution in [0.2, 0.25) is 0 Å². The van der Waals surface area contributed by atoms with Crippen molar-refractivity contribution in [3.05, 3.63) is 64.5 Å². The van der Waals surface area contributed by atoms with Crippen molar-refractivity contribution >= 4 is 22.9 Å². The maximum Gasteiger partial charge on any atom is 0.264 e. The van der Waals surface area contributed by atoms with Crippen LogP contribution in [0, 0.1) is 0 Å². The highest BCUT2D eigenvalue weighted by molar-refractivity contribution is 7.17. The zero-order chi connectivity index (χ0) is 27.2. The van der Waals surface area contributed by atoms with E-state index in [0.717, 1.165) is 51.9 Å². The quantitative estimate of drug-likeness (QED) is 0.350. The summed E-state index contributed by atoms with van der Waals surface area (Å²) >= 11 is 1.57. The molecule has 202 valence electrons. The average molecular weight is 533 g/mol. The Morgan fingerprint density at radius 1 is 0.895 bits per heavy atom. The smallest absolute Gasteiger partial charge is 0.264 e. The Morgan fingerprint density at radius 3 is 2.16 bits per heavy atom. The molecule has 0 N–H and O–H groups in total. The minimum absolute atomic E-state index is 0.112. The predicted molar refractivity (Wildman–Crippen MR) is 157 cm³/mol. The summed E-state index contributed by atoms with van der Waals surface area (Å²) in [5.74, 6) is 1.85. The number of methoxy groups -OCH3 is 2. The van der Waals surface area contributed by atoms with Gasteiger partial charge in [-0.2, -0.15) is 0 Å². The monoisotopic (exact) mass is 532 g/mol. The first-order valence-electron chi connectivity index (χ1n) is 13.6. The van der Waals surface area contributed by atoms with Gasteiger partial charge in [0.1, 0.15) is 11.5 Å². The Kier molecular flexibility index (Phi) is 6.97. The van der Waals surface area contributed by atoms with Gasteiger partial charge in [0.2, 0.25) is 0 Å². The van der Waals surface area contributed by atoms with Gasteiger partial charge in [-0.3, -0.25) is 4.79 Å². The largest absolute Gasteiger partial charge is 0.497 e. The maximum atomic E-state index is 13.6. The number of benzene rings is 2. The van der Waals surface area contributed by atoms with Gasteiger partial charge in [-0.15, -0.1) is 11.3 Å². The van der Waals surface area contributed by atoms with Crippen molar-refractivity contribution in [2.45, 2.75) is 64.3 Å². The van der Waals surface area contributed by atoms with Crippen LogP contribution >= 0.6 is 11.3 Å². The topological polar surface area (TPSA) is 42.0 Å². The van der Waals surface area contributed by atoms with Gasteiger partial charge >= 0.3 is 0 Å². The second-order valence-corrected chi connectivity index (χ2v) is 13.1. The third-order valence-corrected chi connectivity index (χ3v) is 9.68. The molecule has 1 amide bonds. The number of thiophene rings is 1. The number of anilines is 1. The molecule has 6 heteroatoms. The molecule has 2 heterocycles. The fourth-order valence-electron chi connectivity index (χ4n) is 6.01. The van der Waals surface area contributed by atoms with Crippen LogP contribution in [-0.4, -0.2) is 50.7 Å². The lowest BCUT2D eigenvalue weighted by molar-refractivity contribution is 0.0731. The summed E-state index contributed by atoms with van der Waals surface area (Å²) < 4.78 is 11.2. The molecule has 2 aliphatic rings. The summed E-state index contributed by atoms with van der Waals surface area (Å²) in [5.41, 5.74) is 5.26. The van der Waals surface area contributed by atoms with Gasteiger partial charge in [-0.1, -0.05) is 27.7 Å². The predicted octanol–water partition coefficient (Wildman–Crippen LogP) is 7.13. The second-order valence-electron chi connectivity index (χ2n) is 12.0. The third kappa shape index (κ3) is 4.79. The lowest BCUT2D eigenvalue weighted by atomic mass is 9.63.